The Balaban J connectivity index is 1.49. The van der Waals surface area contributed by atoms with Crippen molar-refractivity contribution in [2.75, 3.05) is 31.1 Å². The third-order valence-electron chi connectivity index (χ3n) is 5.14. The lowest BCUT2D eigenvalue weighted by Gasteiger charge is -2.35. The molecule has 30 heavy (non-hydrogen) atoms. The van der Waals surface area contributed by atoms with E-state index in [0.717, 1.165) is 5.69 Å². The maximum absolute atomic E-state index is 13.0. The molecule has 2 heterocycles. The van der Waals surface area contributed by atoms with Crippen LogP contribution in [0.5, 0.6) is 5.75 Å². The summed E-state index contributed by atoms with van der Waals surface area (Å²) in [6.45, 7) is 4.00. The van der Waals surface area contributed by atoms with Gasteiger partial charge >= 0.3 is 0 Å². The Morgan fingerprint density at radius 2 is 1.77 bits per heavy atom. The second-order valence-corrected chi connectivity index (χ2v) is 7.01. The van der Waals surface area contributed by atoms with Gasteiger partial charge in [0.1, 0.15) is 5.75 Å². The van der Waals surface area contributed by atoms with Crippen LogP contribution in [0.1, 0.15) is 16.2 Å². The summed E-state index contributed by atoms with van der Waals surface area (Å²) < 4.78 is 1.43. The van der Waals surface area contributed by atoms with Gasteiger partial charge in [0.25, 0.3) is 11.6 Å². The summed E-state index contributed by atoms with van der Waals surface area (Å²) in [4.78, 5) is 27.3. The lowest BCUT2D eigenvalue weighted by atomic mass is 10.2. The molecule has 4 rings (SSSR count). The summed E-state index contributed by atoms with van der Waals surface area (Å²) in [5, 5.41) is 28.7. The number of carbonyl (C=O) groups excluding carboxylic acids is 1. The monoisotopic (exact) mass is 408 g/mol. The van der Waals surface area contributed by atoms with E-state index >= 15 is 0 Å². The molecule has 10 nitrogen and oxygen atoms in total. The molecule has 0 radical (unpaired) electrons. The quantitative estimate of drug-likeness (QED) is 0.519. The van der Waals surface area contributed by atoms with Gasteiger partial charge in [-0.05, 0) is 25.1 Å². The van der Waals surface area contributed by atoms with E-state index in [-0.39, 0.29) is 23.0 Å². The number of non-ortho nitro benzene ring substituents is 1. The number of nitrogens with zero attached hydrogens (tertiary/aromatic N) is 6. The molecule has 1 aliphatic heterocycles. The van der Waals surface area contributed by atoms with Gasteiger partial charge in [-0.3, -0.25) is 14.9 Å². The fourth-order valence-corrected chi connectivity index (χ4v) is 3.52. The highest BCUT2D eigenvalue weighted by Gasteiger charge is 2.27. The molecule has 0 saturated carbocycles. The smallest absolute Gasteiger partial charge is 0.276 e. The summed E-state index contributed by atoms with van der Waals surface area (Å²) in [5.74, 6) is -0.0147. The van der Waals surface area contributed by atoms with Crippen molar-refractivity contribution in [3.05, 3.63) is 70.0 Å². The van der Waals surface area contributed by atoms with E-state index in [4.69, 9.17) is 0 Å². The van der Waals surface area contributed by atoms with Gasteiger partial charge in [-0.15, -0.1) is 5.10 Å². The molecule has 1 N–H and O–H groups in total. The zero-order valence-electron chi connectivity index (χ0n) is 16.3. The third-order valence-corrected chi connectivity index (χ3v) is 5.14. The third kappa shape index (κ3) is 3.66. The second-order valence-electron chi connectivity index (χ2n) is 7.01. The number of amides is 1. The average molecular weight is 408 g/mol. The van der Waals surface area contributed by atoms with Crippen LogP contribution in [0, 0.1) is 17.0 Å². The SMILES string of the molecule is Cc1c(C(=O)N2CCN(c3cccc(O)c3)CC2)nnn1-c1cccc([N+](=O)[O-])c1. The lowest BCUT2D eigenvalue weighted by Crippen LogP contribution is -2.49. The van der Waals surface area contributed by atoms with Crippen LogP contribution in [0.4, 0.5) is 11.4 Å². The van der Waals surface area contributed by atoms with Crippen molar-refractivity contribution < 1.29 is 14.8 Å². The van der Waals surface area contributed by atoms with E-state index in [9.17, 15) is 20.0 Å². The Kier molecular flexibility index (Phi) is 5.05. The van der Waals surface area contributed by atoms with Gasteiger partial charge < -0.3 is 14.9 Å². The molecule has 10 heteroatoms. The molecule has 1 aromatic heterocycles. The van der Waals surface area contributed by atoms with Crippen molar-refractivity contribution in [1.29, 1.82) is 0 Å². The lowest BCUT2D eigenvalue weighted by molar-refractivity contribution is -0.384. The average Bonchev–Trinajstić information content (AvgIpc) is 3.14. The molecule has 1 fully saturated rings. The Bertz CT molecular complexity index is 1100. The van der Waals surface area contributed by atoms with Crippen LogP contribution in [0.15, 0.2) is 48.5 Å². The first-order chi connectivity index (χ1) is 14.4. The highest BCUT2D eigenvalue weighted by molar-refractivity contribution is 5.93. The van der Waals surface area contributed by atoms with E-state index in [2.05, 4.69) is 15.2 Å². The molecule has 0 unspecified atom stereocenters. The molecule has 3 aromatic rings. The van der Waals surface area contributed by atoms with Crippen LogP contribution in [-0.2, 0) is 0 Å². The number of rotatable bonds is 4. The number of aromatic hydroxyl groups is 1. The van der Waals surface area contributed by atoms with Crippen LogP contribution in [0.3, 0.4) is 0 Å². The Morgan fingerprint density at radius 3 is 2.47 bits per heavy atom. The Labute approximate surface area is 172 Å². The minimum atomic E-state index is -0.478. The van der Waals surface area contributed by atoms with Gasteiger partial charge in [0, 0.05) is 50.1 Å². The van der Waals surface area contributed by atoms with E-state index in [1.807, 2.05) is 6.07 Å². The van der Waals surface area contributed by atoms with Crippen LogP contribution < -0.4 is 4.90 Å². The topological polar surface area (TPSA) is 118 Å². The summed E-state index contributed by atoms with van der Waals surface area (Å²) >= 11 is 0. The van der Waals surface area contributed by atoms with Gasteiger partial charge in [0.05, 0.1) is 16.3 Å². The number of phenolic OH excluding ortho intramolecular Hbond substituents is 1. The van der Waals surface area contributed by atoms with Crippen molar-refractivity contribution in [2.45, 2.75) is 6.92 Å². The fourth-order valence-electron chi connectivity index (χ4n) is 3.52. The van der Waals surface area contributed by atoms with Gasteiger partial charge in [0.15, 0.2) is 5.69 Å². The number of carbonyl (C=O) groups is 1. The highest BCUT2D eigenvalue weighted by atomic mass is 16.6. The van der Waals surface area contributed by atoms with Crippen molar-refractivity contribution >= 4 is 17.3 Å². The number of nitro benzene ring substituents is 1. The molecule has 154 valence electrons. The number of anilines is 1. The maximum Gasteiger partial charge on any atom is 0.276 e. The van der Waals surface area contributed by atoms with Crippen LogP contribution in [0.25, 0.3) is 5.69 Å². The second kappa shape index (κ2) is 7.82. The fraction of sp³-hybridized carbons (Fsp3) is 0.250. The molecule has 2 aromatic carbocycles. The van der Waals surface area contributed by atoms with E-state index in [1.165, 1.54) is 16.8 Å². The van der Waals surface area contributed by atoms with Gasteiger partial charge in [-0.25, -0.2) is 4.68 Å². The standard InChI is InChI=1S/C20H20N6O4/c1-14-19(21-22-25(14)16-5-2-6-17(12-16)26(29)30)20(28)24-10-8-23(9-11-24)15-4-3-7-18(27)13-15/h2-7,12-13,27H,8-11H2,1H3. The Hall–Kier alpha value is -3.95. The maximum atomic E-state index is 13.0. The first kappa shape index (κ1) is 19.4. The molecule has 0 spiro atoms. The van der Waals surface area contributed by atoms with Gasteiger partial charge in [-0.1, -0.05) is 17.3 Å². The van der Waals surface area contributed by atoms with Crippen molar-refractivity contribution in [3.8, 4) is 11.4 Å². The molecule has 0 aliphatic carbocycles. The van der Waals surface area contributed by atoms with Crippen LogP contribution >= 0.6 is 0 Å². The van der Waals surface area contributed by atoms with Gasteiger partial charge in [-0.2, -0.15) is 0 Å². The highest BCUT2D eigenvalue weighted by Crippen LogP contribution is 2.23. The number of hydrogen-bond donors (Lipinski definition) is 1. The predicted molar refractivity (Wildman–Crippen MR) is 109 cm³/mol. The molecule has 0 bridgehead atoms. The van der Waals surface area contributed by atoms with Crippen molar-refractivity contribution in [1.82, 2.24) is 19.9 Å². The van der Waals surface area contributed by atoms with Crippen LogP contribution in [-0.4, -0.2) is 62.0 Å². The summed E-state index contributed by atoms with van der Waals surface area (Å²) in [6, 6.07) is 13.1. The zero-order valence-corrected chi connectivity index (χ0v) is 16.3. The minimum Gasteiger partial charge on any atom is -0.508 e. The molecule has 0 atom stereocenters. The number of piperazine rings is 1. The predicted octanol–water partition coefficient (Wildman–Crippen LogP) is 2.15. The molecule has 1 amide bonds. The molecule has 1 aliphatic rings. The van der Waals surface area contributed by atoms with Crippen LogP contribution in [0.2, 0.25) is 0 Å². The number of phenols is 1. The summed E-state index contributed by atoms with van der Waals surface area (Å²) in [7, 11) is 0. The summed E-state index contributed by atoms with van der Waals surface area (Å²) in [6.07, 6.45) is 0. The number of benzene rings is 2. The van der Waals surface area contributed by atoms with Crippen molar-refractivity contribution in [3.63, 3.8) is 0 Å². The first-order valence-electron chi connectivity index (χ1n) is 9.44. The first-order valence-corrected chi connectivity index (χ1v) is 9.44. The molecular formula is C20H20N6O4. The largest absolute Gasteiger partial charge is 0.508 e. The normalized spacial score (nSPS) is 14.0. The van der Waals surface area contributed by atoms with E-state index in [1.54, 1.807) is 42.2 Å². The number of nitro groups is 1. The Morgan fingerprint density at radius 1 is 1.07 bits per heavy atom. The minimum absolute atomic E-state index is 0.0571. The van der Waals surface area contributed by atoms with E-state index in [0.29, 0.717) is 37.6 Å². The number of aromatic nitrogens is 3. The molecular weight excluding hydrogens is 388 g/mol. The van der Waals surface area contributed by atoms with E-state index < -0.39 is 4.92 Å². The van der Waals surface area contributed by atoms with Gasteiger partial charge in [0.2, 0.25) is 0 Å². The molecule has 1 saturated heterocycles. The van der Waals surface area contributed by atoms with Crippen molar-refractivity contribution in [2.24, 2.45) is 0 Å². The number of hydrogen-bond acceptors (Lipinski definition) is 7. The zero-order chi connectivity index (χ0) is 21.3. The summed E-state index contributed by atoms with van der Waals surface area (Å²) in [5.41, 5.74) is 2.08.